The van der Waals surface area contributed by atoms with Crippen LogP contribution in [0, 0.1) is 5.92 Å². The number of nitrogens with zero attached hydrogens (tertiary/aromatic N) is 2. The van der Waals surface area contributed by atoms with Crippen LogP contribution in [0.2, 0.25) is 0 Å². The molecular formula is C17H27N3O. The van der Waals surface area contributed by atoms with Crippen molar-refractivity contribution in [1.29, 1.82) is 0 Å². The molecule has 0 spiro atoms. The third-order valence-electron chi connectivity index (χ3n) is 4.15. The van der Waals surface area contributed by atoms with E-state index in [1.165, 1.54) is 24.0 Å². The zero-order valence-corrected chi connectivity index (χ0v) is 13.4. The molecule has 0 aromatic heterocycles. The number of aliphatic imine (C=N–C) groups is 1. The van der Waals surface area contributed by atoms with Crippen LogP contribution in [-0.4, -0.2) is 38.1 Å². The fourth-order valence-electron chi connectivity index (χ4n) is 2.75. The average Bonchev–Trinajstić information content (AvgIpc) is 2.51. The molecule has 21 heavy (non-hydrogen) atoms. The molecule has 0 radical (unpaired) electrons. The summed E-state index contributed by atoms with van der Waals surface area (Å²) < 4.78 is 5.26. The van der Waals surface area contributed by atoms with Crippen LogP contribution >= 0.6 is 0 Å². The summed E-state index contributed by atoms with van der Waals surface area (Å²) in [5.74, 6) is 1.84. The maximum atomic E-state index is 5.26. The van der Waals surface area contributed by atoms with Crippen molar-refractivity contribution in [3.05, 3.63) is 35.4 Å². The van der Waals surface area contributed by atoms with Crippen LogP contribution in [0.4, 0.5) is 0 Å². The number of likely N-dealkylation sites (tertiary alicyclic amines) is 1. The summed E-state index contributed by atoms with van der Waals surface area (Å²) >= 11 is 0. The van der Waals surface area contributed by atoms with Crippen molar-refractivity contribution < 1.29 is 4.74 Å². The van der Waals surface area contributed by atoms with E-state index in [9.17, 15) is 0 Å². The van der Waals surface area contributed by atoms with E-state index in [0.717, 1.165) is 31.5 Å². The third kappa shape index (κ3) is 4.46. The fourth-order valence-corrected chi connectivity index (χ4v) is 2.75. The normalized spacial score (nSPS) is 17.1. The van der Waals surface area contributed by atoms with Crippen molar-refractivity contribution in [3.8, 4) is 0 Å². The maximum Gasteiger partial charge on any atom is 0.193 e. The van der Waals surface area contributed by atoms with Crippen LogP contribution in [0.15, 0.2) is 29.3 Å². The molecule has 2 rings (SSSR count). The molecule has 0 bridgehead atoms. The van der Waals surface area contributed by atoms with Gasteiger partial charge in [0, 0.05) is 33.8 Å². The average molecular weight is 289 g/mol. The molecule has 1 aromatic carbocycles. The summed E-state index contributed by atoms with van der Waals surface area (Å²) in [4.78, 5) is 6.79. The number of methoxy groups -OCH3 is 1. The second kappa shape index (κ2) is 8.03. The molecule has 0 aliphatic carbocycles. The van der Waals surface area contributed by atoms with E-state index >= 15 is 0 Å². The summed E-state index contributed by atoms with van der Waals surface area (Å²) in [6.45, 7) is 5.96. The van der Waals surface area contributed by atoms with E-state index in [1.54, 1.807) is 7.11 Å². The predicted molar refractivity (Wildman–Crippen MR) is 87.3 cm³/mol. The van der Waals surface area contributed by atoms with Gasteiger partial charge in [0.15, 0.2) is 5.96 Å². The number of hydrogen-bond acceptors (Lipinski definition) is 2. The SMILES string of the molecule is CN=C(NCc1ccccc1COC)N1CCC(C)CC1. The Hall–Kier alpha value is -1.55. The van der Waals surface area contributed by atoms with Crippen molar-refractivity contribution in [2.75, 3.05) is 27.2 Å². The molecule has 0 amide bonds. The van der Waals surface area contributed by atoms with Crippen molar-refractivity contribution in [3.63, 3.8) is 0 Å². The monoisotopic (exact) mass is 289 g/mol. The number of nitrogens with one attached hydrogen (secondary N) is 1. The van der Waals surface area contributed by atoms with Gasteiger partial charge in [-0.3, -0.25) is 4.99 Å². The van der Waals surface area contributed by atoms with Crippen LogP contribution in [-0.2, 0) is 17.9 Å². The van der Waals surface area contributed by atoms with Gasteiger partial charge in [-0.05, 0) is 29.9 Å². The molecule has 4 nitrogen and oxygen atoms in total. The quantitative estimate of drug-likeness (QED) is 0.684. The van der Waals surface area contributed by atoms with Gasteiger partial charge in [-0.1, -0.05) is 31.2 Å². The van der Waals surface area contributed by atoms with Gasteiger partial charge < -0.3 is 15.0 Å². The molecule has 1 N–H and O–H groups in total. The lowest BCUT2D eigenvalue weighted by Gasteiger charge is -2.33. The van der Waals surface area contributed by atoms with E-state index in [4.69, 9.17) is 4.74 Å². The van der Waals surface area contributed by atoms with E-state index in [2.05, 4.69) is 46.4 Å². The van der Waals surface area contributed by atoms with Gasteiger partial charge in [0.2, 0.25) is 0 Å². The minimum absolute atomic E-state index is 0.650. The Bertz CT molecular complexity index is 465. The Kier molecular flexibility index (Phi) is 6.05. The van der Waals surface area contributed by atoms with Gasteiger partial charge in [0.05, 0.1) is 6.61 Å². The minimum Gasteiger partial charge on any atom is -0.380 e. The maximum absolute atomic E-state index is 5.26. The van der Waals surface area contributed by atoms with Gasteiger partial charge in [-0.25, -0.2) is 0 Å². The molecule has 1 aliphatic heterocycles. The van der Waals surface area contributed by atoms with Gasteiger partial charge in [0.25, 0.3) is 0 Å². The predicted octanol–water partition coefficient (Wildman–Crippen LogP) is 2.64. The van der Waals surface area contributed by atoms with Crippen LogP contribution in [0.5, 0.6) is 0 Å². The first-order valence-corrected chi connectivity index (χ1v) is 7.76. The number of guanidine groups is 1. The second-order valence-electron chi connectivity index (χ2n) is 5.77. The van der Waals surface area contributed by atoms with Gasteiger partial charge in [-0.2, -0.15) is 0 Å². The van der Waals surface area contributed by atoms with Crippen molar-refractivity contribution in [2.45, 2.75) is 32.9 Å². The summed E-state index contributed by atoms with van der Waals surface area (Å²) in [7, 11) is 3.60. The molecule has 0 atom stereocenters. The molecule has 1 aliphatic rings. The fraction of sp³-hybridized carbons (Fsp3) is 0.588. The number of piperidine rings is 1. The lowest BCUT2D eigenvalue weighted by molar-refractivity contribution is 0.184. The topological polar surface area (TPSA) is 36.9 Å². The largest absolute Gasteiger partial charge is 0.380 e. The van der Waals surface area contributed by atoms with E-state index in [0.29, 0.717) is 6.61 Å². The highest BCUT2D eigenvalue weighted by Crippen LogP contribution is 2.16. The van der Waals surface area contributed by atoms with Crippen LogP contribution < -0.4 is 5.32 Å². The van der Waals surface area contributed by atoms with Crippen molar-refractivity contribution in [2.24, 2.45) is 10.9 Å². The molecule has 4 heteroatoms. The first-order valence-electron chi connectivity index (χ1n) is 7.76. The number of ether oxygens (including phenoxy) is 1. The highest BCUT2D eigenvalue weighted by atomic mass is 16.5. The van der Waals surface area contributed by atoms with Gasteiger partial charge in [-0.15, -0.1) is 0 Å². The first-order chi connectivity index (χ1) is 10.2. The lowest BCUT2D eigenvalue weighted by atomic mass is 9.99. The Labute approximate surface area is 128 Å². The zero-order valence-electron chi connectivity index (χ0n) is 13.4. The number of rotatable bonds is 4. The number of hydrogen-bond donors (Lipinski definition) is 1. The van der Waals surface area contributed by atoms with Crippen molar-refractivity contribution >= 4 is 5.96 Å². The Morgan fingerprint density at radius 2 is 1.95 bits per heavy atom. The molecule has 1 heterocycles. The van der Waals surface area contributed by atoms with Crippen LogP contribution in [0.1, 0.15) is 30.9 Å². The van der Waals surface area contributed by atoms with Crippen LogP contribution in [0.25, 0.3) is 0 Å². The summed E-state index contributed by atoms with van der Waals surface area (Å²) in [6.07, 6.45) is 2.50. The lowest BCUT2D eigenvalue weighted by Crippen LogP contribution is -2.45. The third-order valence-corrected chi connectivity index (χ3v) is 4.15. The van der Waals surface area contributed by atoms with Crippen LogP contribution in [0.3, 0.4) is 0 Å². The number of benzene rings is 1. The molecule has 0 unspecified atom stereocenters. The second-order valence-corrected chi connectivity index (χ2v) is 5.77. The van der Waals surface area contributed by atoms with E-state index in [1.807, 2.05) is 7.05 Å². The molecule has 0 saturated carbocycles. The van der Waals surface area contributed by atoms with E-state index < -0.39 is 0 Å². The Morgan fingerprint density at radius 3 is 2.57 bits per heavy atom. The highest BCUT2D eigenvalue weighted by molar-refractivity contribution is 5.80. The molecular weight excluding hydrogens is 262 g/mol. The summed E-state index contributed by atoms with van der Waals surface area (Å²) in [5, 5.41) is 3.49. The minimum atomic E-state index is 0.650. The zero-order chi connectivity index (χ0) is 15.1. The summed E-state index contributed by atoms with van der Waals surface area (Å²) in [5.41, 5.74) is 2.50. The summed E-state index contributed by atoms with van der Waals surface area (Å²) in [6, 6.07) is 8.39. The Balaban J connectivity index is 1.94. The molecule has 1 aromatic rings. The van der Waals surface area contributed by atoms with Crippen molar-refractivity contribution in [1.82, 2.24) is 10.2 Å². The molecule has 1 saturated heterocycles. The molecule has 116 valence electrons. The van der Waals surface area contributed by atoms with Gasteiger partial charge >= 0.3 is 0 Å². The standard InChI is InChI=1S/C17H27N3O/c1-14-8-10-20(11-9-14)17(18-2)19-12-15-6-4-5-7-16(15)13-21-3/h4-7,14H,8-13H2,1-3H3,(H,18,19). The molecule has 1 fully saturated rings. The Morgan fingerprint density at radius 1 is 1.29 bits per heavy atom. The van der Waals surface area contributed by atoms with Gasteiger partial charge in [0.1, 0.15) is 0 Å². The first kappa shape index (κ1) is 15.8. The smallest absolute Gasteiger partial charge is 0.193 e. The van der Waals surface area contributed by atoms with E-state index in [-0.39, 0.29) is 0 Å². The highest BCUT2D eigenvalue weighted by Gasteiger charge is 2.18.